The zero-order valence-electron chi connectivity index (χ0n) is 7.65. The quantitative estimate of drug-likeness (QED) is 0.745. The Hall–Kier alpha value is -0.870. The van der Waals surface area contributed by atoms with Crippen molar-refractivity contribution in [1.82, 2.24) is 0 Å². The van der Waals surface area contributed by atoms with Gasteiger partial charge in [0.1, 0.15) is 5.75 Å². The molecule has 0 bridgehead atoms. The van der Waals surface area contributed by atoms with E-state index in [1.165, 1.54) is 0 Å². The molecule has 0 aliphatic heterocycles. The van der Waals surface area contributed by atoms with Gasteiger partial charge in [0, 0.05) is 0 Å². The fourth-order valence-corrected chi connectivity index (χ4v) is 1.37. The summed E-state index contributed by atoms with van der Waals surface area (Å²) in [6, 6.07) is 7.32. The van der Waals surface area contributed by atoms with Gasteiger partial charge in [0.05, 0.1) is 6.61 Å². The molecule has 0 amide bonds. The maximum Gasteiger partial charge on any atom is 0.360 e. The molecule has 0 spiro atoms. The summed E-state index contributed by atoms with van der Waals surface area (Å²) in [6.07, 6.45) is 0. The minimum absolute atomic E-state index is 0.373. The van der Waals surface area contributed by atoms with Crippen LogP contribution in [0.25, 0.3) is 0 Å². The molecule has 3 nitrogen and oxygen atoms in total. The number of benzene rings is 1. The van der Waals surface area contributed by atoms with Crippen molar-refractivity contribution >= 4 is 11.4 Å². The van der Waals surface area contributed by atoms with Crippen LogP contribution >= 0.6 is 0 Å². The predicted octanol–water partition coefficient (Wildman–Crippen LogP) is 1.99. The van der Waals surface area contributed by atoms with E-state index >= 15 is 0 Å². The van der Waals surface area contributed by atoms with Crippen molar-refractivity contribution in [2.75, 3.05) is 6.61 Å². The Morgan fingerprint density at radius 3 is 2.85 bits per heavy atom. The first-order valence-electron chi connectivity index (χ1n) is 4.02. The van der Waals surface area contributed by atoms with Crippen molar-refractivity contribution in [3.63, 3.8) is 0 Å². The van der Waals surface area contributed by atoms with Gasteiger partial charge in [-0.2, -0.15) is 4.21 Å². The largest absolute Gasteiger partial charge is 0.380 e. The number of hydrogen-bond donors (Lipinski definition) is 0. The topological polar surface area (TPSA) is 35.5 Å². The highest BCUT2D eigenvalue weighted by Gasteiger charge is 2.01. The van der Waals surface area contributed by atoms with Crippen LogP contribution in [-0.4, -0.2) is 10.8 Å². The third-order valence-electron chi connectivity index (χ3n) is 1.37. The SMILES string of the molecule is CCOS(=O)Oc1cccc(C)c1. The molecule has 1 aromatic rings. The molecule has 1 atom stereocenters. The van der Waals surface area contributed by atoms with Crippen molar-refractivity contribution in [3.05, 3.63) is 29.8 Å². The number of hydrogen-bond acceptors (Lipinski definition) is 3. The Bertz CT molecular complexity index is 299. The van der Waals surface area contributed by atoms with Crippen LogP contribution in [0.5, 0.6) is 5.75 Å². The van der Waals surface area contributed by atoms with Crippen molar-refractivity contribution in [2.24, 2.45) is 0 Å². The van der Waals surface area contributed by atoms with E-state index in [-0.39, 0.29) is 0 Å². The van der Waals surface area contributed by atoms with Crippen LogP contribution in [0, 0.1) is 6.92 Å². The zero-order chi connectivity index (χ0) is 9.68. The standard InChI is InChI=1S/C9H12O3S/c1-3-11-13(10)12-9-6-4-5-8(2)7-9/h4-7H,3H2,1-2H3. The predicted molar refractivity (Wildman–Crippen MR) is 51.6 cm³/mol. The highest BCUT2D eigenvalue weighted by Crippen LogP contribution is 2.13. The molecule has 0 aliphatic rings. The van der Waals surface area contributed by atoms with E-state index in [1.807, 2.05) is 19.1 Å². The van der Waals surface area contributed by atoms with E-state index in [4.69, 9.17) is 8.37 Å². The molecule has 0 N–H and O–H groups in total. The first-order valence-corrected chi connectivity index (χ1v) is 5.02. The van der Waals surface area contributed by atoms with Gasteiger partial charge in [0.25, 0.3) is 0 Å². The summed E-state index contributed by atoms with van der Waals surface area (Å²) in [5, 5.41) is 0. The zero-order valence-corrected chi connectivity index (χ0v) is 8.47. The molecule has 1 aromatic carbocycles. The van der Waals surface area contributed by atoms with Gasteiger partial charge in [-0.25, -0.2) is 0 Å². The lowest BCUT2D eigenvalue weighted by Gasteiger charge is -2.03. The van der Waals surface area contributed by atoms with Gasteiger partial charge < -0.3 is 4.18 Å². The third-order valence-corrected chi connectivity index (χ3v) is 2.12. The molecule has 0 aromatic heterocycles. The maximum absolute atomic E-state index is 11.0. The van der Waals surface area contributed by atoms with Crippen LogP contribution in [0.2, 0.25) is 0 Å². The minimum atomic E-state index is -1.68. The highest BCUT2D eigenvalue weighted by molar-refractivity contribution is 7.75. The molecule has 0 radical (unpaired) electrons. The van der Waals surface area contributed by atoms with Crippen LogP contribution in [0.3, 0.4) is 0 Å². The molecular weight excluding hydrogens is 188 g/mol. The first kappa shape index (κ1) is 10.2. The average molecular weight is 200 g/mol. The van der Waals surface area contributed by atoms with Crippen molar-refractivity contribution in [3.8, 4) is 5.75 Å². The lowest BCUT2D eigenvalue weighted by molar-refractivity contribution is 0.329. The van der Waals surface area contributed by atoms with Gasteiger partial charge >= 0.3 is 11.4 Å². The molecule has 0 saturated heterocycles. The van der Waals surface area contributed by atoms with Crippen LogP contribution in [0.4, 0.5) is 0 Å². The molecule has 0 saturated carbocycles. The molecule has 72 valence electrons. The molecule has 0 fully saturated rings. The van der Waals surface area contributed by atoms with E-state index < -0.39 is 11.4 Å². The molecule has 1 rings (SSSR count). The van der Waals surface area contributed by atoms with E-state index in [9.17, 15) is 4.21 Å². The van der Waals surface area contributed by atoms with Crippen LogP contribution in [0.15, 0.2) is 24.3 Å². The average Bonchev–Trinajstić information content (AvgIpc) is 2.04. The minimum Gasteiger partial charge on any atom is -0.380 e. The van der Waals surface area contributed by atoms with Crippen molar-refractivity contribution < 1.29 is 12.6 Å². The van der Waals surface area contributed by atoms with E-state index in [1.54, 1.807) is 19.1 Å². The van der Waals surface area contributed by atoms with E-state index in [0.717, 1.165) is 5.56 Å². The van der Waals surface area contributed by atoms with Crippen molar-refractivity contribution in [1.29, 1.82) is 0 Å². The Labute approximate surface area is 80.5 Å². The smallest absolute Gasteiger partial charge is 0.360 e. The molecule has 0 heterocycles. The first-order chi connectivity index (χ1) is 6.22. The van der Waals surface area contributed by atoms with Gasteiger partial charge in [0.2, 0.25) is 0 Å². The van der Waals surface area contributed by atoms with Gasteiger partial charge in [-0.05, 0) is 31.5 Å². The Balaban J connectivity index is 2.58. The Kier molecular flexibility index (Phi) is 3.92. The summed E-state index contributed by atoms with van der Waals surface area (Å²) in [4.78, 5) is 0. The van der Waals surface area contributed by atoms with E-state index in [0.29, 0.717) is 12.4 Å². The van der Waals surface area contributed by atoms with Gasteiger partial charge in [-0.1, -0.05) is 12.1 Å². The molecule has 4 heteroatoms. The lowest BCUT2D eigenvalue weighted by atomic mass is 10.2. The second kappa shape index (κ2) is 4.99. The Morgan fingerprint density at radius 2 is 2.23 bits per heavy atom. The summed E-state index contributed by atoms with van der Waals surface area (Å²) >= 11 is -1.68. The monoisotopic (exact) mass is 200 g/mol. The van der Waals surface area contributed by atoms with E-state index in [2.05, 4.69) is 0 Å². The second-order valence-electron chi connectivity index (χ2n) is 2.51. The summed E-state index contributed by atoms with van der Waals surface area (Å²) in [5.74, 6) is 0.562. The van der Waals surface area contributed by atoms with Gasteiger partial charge in [-0.3, -0.25) is 4.18 Å². The maximum atomic E-state index is 11.0. The fourth-order valence-electron chi connectivity index (χ4n) is 0.866. The van der Waals surface area contributed by atoms with Crippen molar-refractivity contribution in [2.45, 2.75) is 13.8 Å². The number of rotatable bonds is 4. The third kappa shape index (κ3) is 3.57. The molecule has 0 aliphatic carbocycles. The second-order valence-corrected chi connectivity index (χ2v) is 3.32. The van der Waals surface area contributed by atoms with Crippen LogP contribution < -0.4 is 4.18 Å². The number of aryl methyl sites for hydroxylation is 1. The summed E-state index contributed by atoms with van der Waals surface area (Å²) < 4.78 is 20.7. The normalized spacial score (nSPS) is 12.5. The fraction of sp³-hybridized carbons (Fsp3) is 0.333. The Morgan fingerprint density at radius 1 is 1.46 bits per heavy atom. The van der Waals surface area contributed by atoms with Crippen LogP contribution in [0.1, 0.15) is 12.5 Å². The van der Waals surface area contributed by atoms with Gasteiger partial charge in [0.15, 0.2) is 0 Å². The highest BCUT2D eigenvalue weighted by atomic mass is 32.2. The lowest BCUT2D eigenvalue weighted by Crippen LogP contribution is -2.04. The summed E-state index contributed by atoms with van der Waals surface area (Å²) in [5.41, 5.74) is 1.06. The van der Waals surface area contributed by atoms with Gasteiger partial charge in [-0.15, -0.1) is 0 Å². The summed E-state index contributed by atoms with van der Waals surface area (Å²) in [6.45, 7) is 4.08. The molecule has 13 heavy (non-hydrogen) atoms. The molecule has 1 unspecified atom stereocenters. The molecular formula is C9H12O3S. The van der Waals surface area contributed by atoms with Crippen LogP contribution in [-0.2, 0) is 15.5 Å². The summed E-state index contributed by atoms with van der Waals surface area (Å²) in [7, 11) is 0.